The molecule has 1 heterocycles. The Morgan fingerprint density at radius 1 is 1.14 bits per heavy atom. The maximum Gasteiger partial charge on any atom is 0.189 e. The molecule has 0 bridgehead atoms. The summed E-state index contributed by atoms with van der Waals surface area (Å²) in [6.07, 6.45) is 5.40. The van der Waals surface area contributed by atoms with Crippen LogP contribution in [0.2, 0.25) is 5.02 Å². The molecule has 1 aliphatic heterocycles. The van der Waals surface area contributed by atoms with Crippen LogP contribution in [0.5, 0.6) is 11.5 Å². The number of carbonyl (C=O) groups excluding carboxylic acids is 1. The number of benzene rings is 2. The molecule has 0 aromatic heterocycles. The fourth-order valence-corrected chi connectivity index (χ4v) is 4.06. The number of allylic oxidation sites excluding steroid dienone is 1. The van der Waals surface area contributed by atoms with Gasteiger partial charge in [-0.1, -0.05) is 36.7 Å². The number of rotatable bonds is 7. The van der Waals surface area contributed by atoms with Crippen molar-refractivity contribution in [1.29, 1.82) is 0 Å². The zero-order valence-electron chi connectivity index (χ0n) is 17.3. The number of hydrogen-bond donors (Lipinski definition) is 0. The first-order valence-corrected chi connectivity index (χ1v) is 10.4. The van der Waals surface area contributed by atoms with Crippen molar-refractivity contribution in [3.8, 4) is 11.5 Å². The van der Waals surface area contributed by atoms with Gasteiger partial charge in [-0.25, -0.2) is 0 Å². The molecule has 154 valence electrons. The number of halogens is 1. The van der Waals surface area contributed by atoms with Crippen LogP contribution in [-0.4, -0.2) is 44.5 Å². The smallest absolute Gasteiger partial charge is 0.189 e. The third-order valence-electron chi connectivity index (χ3n) is 5.61. The maximum atomic E-state index is 13.0. The molecule has 0 amide bonds. The summed E-state index contributed by atoms with van der Waals surface area (Å²) in [5.74, 6) is 1.56. The van der Waals surface area contributed by atoms with Gasteiger partial charge >= 0.3 is 0 Å². The van der Waals surface area contributed by atoms with E-state index in [1.807, 2.05) is 30.3 Å². The molecule has 29 heavy (non-hydrogen) atoms. The number of nitrogens with zero attached hydrogens (tertiary/aromatic N) is 1. The van der Waals surface area contributed by atoms with Crippen molar-refractivity contribution in [1.82, 2.24) is 4.90 Å². The molecule has 2 aromatic rings. The van der Waals surface area contributed by atoms with E-state index in [1.165, 1.54) is 0 Å². The van der Waals surface area contributed by atoms with Crippen molar-refractivity contribution >= 4 is 23.5 Å². The van der Waals surface area contributed by atoms with Gasteiger partial charge in [-0.15, -0.1) is 0 Å². The van der Waals surface area contributed by atoms with Gasteiger partial charge < -0.3 is 14.4 Å². The lowest BCUT2D eigenvalue weighted by Crippen LogP contribution is -2.32. The van der Waals surface area contributed by atoms with Crippen LogP contribution in [-0.2, 0) is 0 Å². The number of carbonyl (C=O) groups is 1. The molecule has 0 unspecified atom stereocenters. The van der Waals surface area contributed by atoms with Crippen molar-refractivity contribution < 1.29 is 14.3 Å². The molecule has 2 aromatic carbocycles. The van der Waals surface area contributed by atoms with Crippen molar-refractivity contribution in [3.05, 3.63) is 64.2 Å². The molecule has 0 N–H and O–H groups in total. The molecule has 1 aliphatic rings. The molecule has 5 heteroatoms. The highest BCUT2D eigenvalue weighted by Gasteiger charge is 2.25. The standard InChI is InChI=1S/C24H28ClNO3/c1-4-26-13-11-17(12-14-26)19-15-20(24(29-3)16-23(19)28-2)22(27)10-9-18-7-5-6-8-21(18)25/h5-10,15-17H,4,11-14H2,1-3H3/b10-9+. The first kappa shape index (κ1) is 21.4. The van der Waals surface area contributed by atoms with Crippen LogP contribution in [0, 0.1) is 0 Å². The summed E-state index contributed by atoms with van der Waals surface area (Å²) < 4.78 is 11.1. The fourth-order valence-electron chi connectivity index (χ4n) is 3.86. The molecule has 1 saturated heterocycles. The second kappa shape index (κ2) is 9.95. The molecule has 0 saturated carbocycles. The summed E-state index contributed by atoms with van der Waals surface area (Å²) in [5, 5.41) is 0.613. The van der Waals surface area contributed by atoms with E-state index in [9.17, 15) is 4.79 Å². The van der Waals surface area contributed by atoms with Crippen LogP contribution < -0.4 is 9.47 Å². The Hall–Kier alpha value is -2.30. The van der Waals surface area contributed by atoms with Gasteiger partial charge in [-0.2, -0.15) is 0 Å². The van der Waals surface area contributed by atoms with E-state index in [0.717, 1.165) is 49.4 Å². The van der Waals surface area contributed by atoms with E-state index in [-0.39, 0.29) is 5.78 Å². The van der Waals surface area contributed by atoms with E-state index >= 15 is 0 Å². The van der Waals surface area contributed by atoms with E-state index in [0.29, 0.717) is 22.3 Å². The number of methoxy groups -OCH3 is 2. The van der Waals surface area contributed by atoms with E-state index in [1.54, 1.807) is 32.4 Å². The van der Waals surface area contributed by atoms with Crippen LogP contribution in [0.1, 0.15) is 47.2 Å². The van der Waals surface area contributed by atoms with Crippen LogP contribution in [0.3, 0.4) is 0 Å². The molecular weight excluding hydrogens is 386 g/mol. The minimum absolute atomic E-state index is 0.114. The number of likely N-dealkylation sites (tertiary alicyclic amines) is 1. The van der Waals surface area contributed by atoms with E-state index in [2.05, 4.69) is 11.8 Å². The highest BCUT2D eigenvalue weighted by Crippen LogP contribution is 2.38. The maximum absolute atomic E-state index is 13.0. The van der Waals surface area contributed by atoms with Crippen LogP contribution in [0.15, 0.2) is 42.5 Å². The van der Waals surface area contributed by atoms with Gasteiger partial charge in [0.1, 0.15) is 11.5 Å². The van der Waals surface area contributed by atoms with Gasteiger partial charge in [0.25, 0.3) is 0 Å². The Kier molecular flexibility index (Phi) is 7.34. The third kappa shape index (κ3) is 5.01. The van der Waals surface area contributed by atoms with Crippen molar-refractivity contribution in [3.63, 3.8) is 0 Å². The SMILES string of the molecule is CCN1CCC(c2cc(C(=O)/C=C/c3ccccc3Cl)c(OC)cc2OC)CC1. The van der Waals surface area contributed by atoms with Gasteiger partial charge in [-0.05, 0) is 73.8 Å². The number of hydrogen-bond acceptors (Lipinski definition) is 4. The number of ketones is 1. The molecule has 0 aliphatic carbocycles. The highest BCUT2D eigenvalue weighted by atomic mass is 35.5. The summed E-state index contributed by atoms with van der Waals surface area (Å²) >= 11 is 6.19. The molecular formula is C24H28ClNO3. The minimum atomic E-state index is -0.114. The second-order valence-corrected chi connectivity index (χ2v) is 7.63. The topological polar surface area (TPSA) is 38.8 Å². The van der Waals surface area contributed by atoms with Crippen molar-refractivity contribution in [2.24, 2.45) is 0 Å². The Bertz CT molecular complexity index is 886. The predicted octanol–water partition coefficient (Wildman–Crippen LogP) is 5.45. The Labute approximate surface area is 178 Å². The summed E-state index contributed by atoms with van der Waals surface area (Å²) in [4.78, 5) is 15.4. The number of ether oxygens (including phenoxy) is 2. The van der Waals surface area contributed by atoms with Crippen LogP contribution in [0.4, 0.5) is 0 Å². The Morgan fingerprint density at radius 3 is 2.45 bits per heavy atom. The summed E-state index contributed by atoms with van der Waals surface area (Å²) in [5.41, 5.74) is 2.44. The second-order valence-electron chi connectivity index (χ2n) is 7.22. The van der Waals surface area contributed by atoms with Gasteiger partial charge in [0.2, 0.25) is 0 Å². The zero-order chi connectivity index (χ0) is 20.8. The normalized spacial score (nSPS) is 15.6. The Balaban J connectivity index is 1.91. The van der Waals surface area contributed by atoms with Gasteiger partial charge in [0.15, 0.2) is 5.78 Å². The van der Waals surface area contributed by atoms with Crippen LogP contribution in [0.25, 0.3) is 6.08 Å². The van der Waals surface area contributed by atoms with E-state index in [4.69, 9.17) is 21.1 Å². The third-order valence-corrected chi connectivity index (χ3v) is 5.96. The van der Waals surface area contributed by atoms with E-state index < -0.39 is 0 Å². The zero-order valence-corrected chi connectivity index (χ0v) is 18.0. The Morgan fingerprint density at radius 2 is 1.83 bits per heavy atom. The van der Waals surface area contributed by atoms with Crippen LogP contribution >= 0.6 is 11.6 Å². The van der Waals surface area contributed by atoms with Gasteiger partial charge in [0, 0.05) is 11.1 Å². The summed E-state index contributed by atoms with van der Waals surface area (Å²) in [7, 11) is 3.24. The van der Waals surface area contributed by atoms with Gasteiger partial charge in [-0.3, -0.25) is 4.79 Å². The average Bonchev–Trinajstić information content (AvgIpc) is 2.77. The first-order chi connectivity index (χ1) is 14.1. The van der Waals surface area contributed by atoms with Gasteiger partial charge in [0.05, 0.1) is 19.8 Å². The molecule has 3 rings (SSSR count). The summed E-state index contributed by atoms with van der Waals surface area (Å²) in [6, 6.07) is 11.2. The minimum Gasteiger partial charge on any atom is -0.496 e. The van der Waals surface area contributed by atoms with Crippen molar-refractivity contribution in [2.45, 2.75) is 25.7 Å². The molecule has 1 fully saturated rings. The molecule has 4 nitrogen and oxygen atoms in total. The largest absolute Gasteiger partial charge is 0.496 e. The fraction of sp³-hybridized carbons (Fsp3) is 0.375. The summed E-state index contributed by atoms with van der Waals surface area (Å²) in [6.45, 7) is 5.39. The predicted molar refractivity (Wildman–Crippen MR) is 118 cm³/mol. The lowest BCUT2D eigenvalue weighted by molar-refractivity contribution is 0.104. The molecule has 0 radical (unpaired) electrons. The molecule has 0 atom stereocenters. The lowest BCUT2D eigenvalue weighted by Gasteiger charge is -2.32. The quantitative estimate of drug-likeness (QED) is 0.446. The monoisotopic (exact) mass is 413 g/mol. The average molecular weight is 414 g/mol. The first-order valence-electron chi connectivity index (χ1n) is 10.0. The molecule has 0 spiro atoms. The highest BCUT2D eigenvalue weighted by molar-refractivity contribution is 6.32. The lowest BCUT2D eigenvalue weighted by atomic mass is 9.87. The van der Waals surface area contributed by atoms with Crippen molar-refractivity contribution in [2.75, 3.05) is 33.9 Å². The number of piperidine rings is 1.